The van der Waals surface area contributed by atoms with E-state index in [1.807, 2.05) is 54.3 Å². The van der Waals surface area contributed by atoms with Crippen LogP contribution < -0.4 is 9.47 Å². The molecule has 0 radical (unpaired) electrons. The van der Waals surface area contributed by atoms with Gasteiger partial charge in [-0.3, -0.25) is 9.59 Å². The molecule has 0 bridgehead atoms. The second-order valence-electron chi connectivity index (χ2n) is 10.6. The zero-order valence-corrected chi connectivity index (χ0v) is 26.4. The highest BCUT2D eigenvalue weighted by Crippen LogP contribution is 2.34. The van der Waals surface area contributed by atoms with Gasteiger partial charge in [0.05, 0.1) is 16.7 Å². The van der Waals surface area contributed by atoms with Crippen molar-refractivity contribution >= 4 is 46.5 Å². The van der Waals surface area contributed by atoms with Crippen molar-refractivity contribution in [2.24, 2.45) is 5.92 Å². The van der Waals surface area contributed by atoms with Gasteiger partial charge >= 0.3 is 0 Å². The van der Waals surface area contributed by atoms with E-state index in [0.717, 1.165) is 41.5 Å². The average Bonchev–Trinajstić information content (AvgIpc) is 3.79. The lowest BCUT2D eigenvalue weighted by atomic mass is 9.94. The second kappa shape index (κ2) is 15.1. The summed E-state index contributed by atoms with van der Waals surface area (Å²) in [6, 6.07) is 17.0. The van der Waals surface area contributed by atoms with Crippen molar-refractivity contribution in [3.8, 4) is 11.5 Å². The lowest BCUT2D eigenvalue weighted by Crippen LogP contribution is -2.41. The van der Waals surface area contributed by atoms with Crippen molar-refractivity contribution in [2.45, 2.75) is 52.1 Å². The Bertz CT molecular complexity index is 1370. The standard InChI is InChI=1S/C33H36Cl3NO5/c1-21-16-30(35)32(31(36)17-21)42-15-14-41-27-9-4-23(5-10-27)19-28(22(2)38)33(39)37(26-7-8-26)20-25-18-24(12-13-40-3)6-11-29(25)34/h4-6,9-11,16-18,26,28H,7-8,12-15,19-20H2,1-3H3. The van der Waals surface area contributed by atoms with E-state index in [1.165, 1.54) is 6.92 Å². The number of hydrogen-bond donors (Lipinski definition) is 0. The molecule has 0 aromatic heterocycles. The van der Waals surface area contributed by atoms with Crippen LogP contribution in [0.25, 0.3) is 0 Å². The first-order valence-corrected chi connectivity index (χ1v) is 15.2. The van der Waals surface area contributed by atoms with Gasteiger partial charge in [-0.25, -0.2) is 0 Å². The van der Waals surface area contributed by atoms with Crippen LogP contribution in [0.1, 0.15) is 42.0 Å². The summed E-state index contributed by atoms with van der Waals surface area (Å²) < 4.78 is 16.7. The van der Waals surface area contributed by atoms with Crippen LogP contribution in [0.4, 0.5) is 0 Å². The Morgan fingerprint density at radius 3 is 2.14 bits per heavy atom. The molecule has 1 atom stereocenters. The first kappa shape index (κ1) is 32.2. The number of carbonyl (C=O) groups is 2. The lowest BCUT2D eigenvalue weighted by Gasteiger charge is -2.27. The highest BCUT2D eigenvalue weighted by Gasteiger charge is 2.37. The highest BCUT2D eigenvalue weighted by molar-refractivity contribution is 6.37. The van der Waals surface area contributed by atoms with Gasteiger partial charge in [-0.2, -0.15) is 0 Å². The lowest BCUT2D eigenvalue weighted by molar-refractivity contribution is -0.141. The van der Waals surface area contributed by atoms with Crippen molar-refractivity contribution in [3.05, 3.63) is 91.9 Å². The summed E-state index contributed by atoms with van der Waals surface area (Å²) in [7, 11) is 1.67. The summed E-state index contributed by atoms with van der Waals surface area (Å²) in [5.74, 6) is -0.00290. The number of aryl methyl sites for hydroxylation is 1. The Labute approximate surface area is 262 Å². The Morgan fingerprint density at radius 1 is 0.881 bits per heavy atom. The topological polar surface area (TPSA) is 65.1 Å². The zero-order valence-electron chi connectivity index (χ0n) is 24.1. The molecule has 1 amide bonds. The molecule has 1 aliphatic carbocycles. The molecule has 3 aromatic rings. The Morgan fingerprint density at radius 2 is 1.52 bits per heavy atom. The van der Waals surface area contributed by atoms with Crippen molar-refractivity contribution in [2.75, 3.05) is 26.9 Å². The van der Waals surface area contributed by atoms with Gasteiger partial charge in [-0.15, -0.1) is 0 Å². The van der Waals surface area contributed by atoms with E-state index >= 15 is 0 Å². The minimum absolute atomic E-state index is 0.126. The van der Waals surface area contributed by atoms with Gasteiger partial charge in [0.1, 0.15) is 30.7 Å². The molecular formula is C33H36Cl3NO5. The van der Waals surface area contributed by atoms with Crippen LogP contribution in [0.2, 0.25) is 15.1 Å². The quantitative estimate of drug-likeness (QED) is 0.128. The van der Waals surface area contributed by atoms with Crippen molar-refractivity contribution in [1.29, 1.82) is 0 Å². The minimum Gasteiger partial charge on any atom is -0.490 e. The van der Waals surface area contributed by atoms with Gasteiger partial charge in [0, 0.05) is 24.7 Å². The number of amides is 1. The van der Waals surface area contributed by atoms with E-state index in [1.54, 1.807) is 19.2 Å². The largest absolute Gasteiger partial charge is 0.490 e. The number of rotatable bonds is 15. The van der Waals surface area contributed by atoms with E-state index in [2.05, 4.69) is 0 Å². The molecule has 0 aliphatic heterocycles. The summed E-state index contributed by atoms with van der Waals surface area (Å²) in [4.78, 5) is 28.3. The molecule has 3 aromatic carbocycles. The molecule has 42 heavy (non-hydrogen) atoms. The third-order valence-corrected chi connectivity index (χ3v) is 8.14. The van der Waals surface area contributed by atoms with Crippen LogP contribution >= 0.6 is 34.8 Å². The number of hydrogen-bond acceptors (Lipinski definition) is 5. The predicted octanol–water partition coefficient (Wildman–Crippen LogP) is 7.54. The molecule has 1 unspecified atom stereocenters. The van der Waals surface area contributed by atoms with E-state index in [9.17, 15) is 9.59 Å². The number of carbonyl (C=O) groups excluding carboxylic acids is 2. The molecule has 9 heteroatoms. The number of halogens is 3. The number of ether oxygens (including phenoxy) is 3. The van der Waals surface area contributed by atoms with Gasteiger partial charge in [-0.05, 0) is 92.1 Å². The second-order valence-corrected chi connectivity index (χ2v) is 11.9. The first-order chi connectivity index (χ1) is 20.2. The molecule has 1 aliphatic rings. The van der Waals surface area contributed by atoms with Gasteiger partial charge in [0.25, 0.3) is 0 Å². The van der Waals surface area contributed by atoms with Crippen LogP contribution in [0.3, 0.4) is 0 Å². The monoisotopic (exact) mass is 631 g/mol. The fourth-order valence-corrected chi connectivity index (χ4v) is 5.65. The maximum absolute atomic E-state index is 13.8. The smallest absolute Gasteiger partial charge is 0.234 e. The zero-order chi connectivity index (χ0) is 30.2. The highest BCUT2D eigenvalue weighted by atomic mass is 35.5. The molecule has 6 nitrogen and oxygen atoms in total. The van der Waals surface area contributed by atoms with Crippen molar-refractivity contribution < 1.29 is 23.8 Å². The average molecular weight is 633 g/mol. The SMILES string of the molecule is COCCc1ccc(Cl)c(CN(C(=O)C(Cc2ccc(OCCOc3c(Cl)cc(C)cc3Cl)cc2)C(C)=O)C2CC2)c1. The maximum atomic E-state index is 13.8. The molecule has 4 rings (SSSR count). The summed E-state index contributed by atoms with van der Waals surface area (Å²) >= 11 is 19.0. The van der Waals surface area contributed by atoms with Crippen LogP contribution in [0.15, 0.2) is 54.6 Å². The number of ketones is 1. The van der Waals surface area contributed by atoms with Crippen LogP contribution in [-0.2, 0) is 33.7 Å². The van der Waals surface area contributed by atoms with Gasteiger partial charge < -0.3 is 19.1 Å². The third-order valence-electron chi connectivity index (χ3n) is 7.21. The number of nitrogens with zero attached hydrogens (tertiary/aromatic N) is 1. The van der Waals surface area contributed by atoms with E-state index in [0.29, 0.717) is 52.7 Å². The maximum Gasteiger partial charge on any atom is 0.234 e. The Kier molecular flexibility index (Phi) is 11.6. The van der Waals surface area contributed by atoms with Crippen molar-refractivity contribution in [1.82, 2.24) is 4.90 Å². The molecular weight excluding hydrogens is 597 g/mol. The van der Waals surface area contributed by atoms with E-state index in [4.69, 9.17) is 49.0 Å². The molecule has 0 spiro atoms. The molecule has 0 N–H and O–H groups in total. The fourth-order valence-electron chi connectivity index (χ4n) is 4.77. The summed E-state index contributed by atoms with van der Waals surface area (Å²) in [5, 5.41) is 1.52. The summed E-state index contributed by atoms with van der Waals surface area (Å²) in [5.41, 5.74) is 3.81. The third kappa shape index (κ3) is 8.87. The van der Waals surface area contributed by atoms with E-state index in [-0.39, 0.29) is 24.3 Å². The molecule has 224 valence electrons. The fraction of sp³-hybridized carbons (Fsp3) is 0.394. The van der Waals surface area contributed by atoms with Crippen LogP contribution in [0.5, 0.6) is 11.5 Å². The Hall–Kier alpha value is -2.77. The summed E-state index contributed by atoms with van der Waals surface area (Å²) in [6.07, 6.45) is 2.92. The van der Waals surface area contributed by atoms with Gasteiger partial charge in [0.2, 0.25) is 5.91 Å². The number of benzene rings is 3. The molecule has 0 heterocycles. The van der Waals surface area contributed by atoms with Crippen LogP contribution in [0, 0.1) is 12.8 Å². The summed E-state index contributed by atoms with van der Waals surface area (Å²) in [6.45, 7) is 4.93. The predicted molar refractivity (Wildman–Crippen MR) is 167 cm³/mol. The van der Waals surface area contributed by atoms with Gasteiger partial charge in [0.15, 0.2) is 5.75 Å². The number of methoxy groups -OCH3 is 1. The van der Waals surface area contributed by atoms with Gasteiger partial charge in [-0.1, -0.05) is 59.1 Å². The number of Topliss-reactive ketones (excluding diaryl/α,β-unsaturated/α-hetero) is 1. The molecule has 1 fully saturated rings. The normalized spacial score (nSPS) is 13.5. The van der Waals surface area contributed by atoms with Crippen LogP contribution in [-0.4, -0.2) is 49.6 Å². The van der Waals surface area contributed by atoms with Crippen molar-refractivity contribution in [3.63, 3.8) is 0 Å². The molecule has 1 saturated carbocycles. The Balaban J connectivity index is 1.36. The van der Waals surface area contributed by atoms with E-state index < -0.39 is 5.92 Å². The first-order valence-electron chi connectivity index (χ1n) is 14.0. The minimum atomic E-state index is -0.773. The molecule has 0 saturated heterocycles.